The van der Waals surface area contributed by atoms with Gasteiger partial charge in [0.05, 0.1) is 5.69 Å². The average molecular weight is 387 g/mol. The molecule has 0 atom stereocenters. The van der Waals surface area contributed by atoms with E-state index < -0.39 is 0 Å². The van der Waals surface area contributed by atoms with Crippen molar-refractivity contribution in [2.75, 3.05) is 11.9 Å². The van der Waals surface area contributed by atoms with Crippen molar-refractivity contribution >= 4 is 39.8 Å². The Morgan fingerprint density at radius 3 is 2.46 bits per heavy atom. The van der Waals surface area contributed by atoms with Crippen molar-refractivity contribution in [2.24, 2.45) is 0 Å². The summed E-state index contributed by atoms with van der Waals surface area (Å²) in [6.07, 6.45) is 0. The summed E-state index contributed by atoms with van der Waals surface area (Å²) in [5.41, 5.74) is 2.29. The largest absolute Gasteiger partial charge is 0.484 e. The number of anilines is 1. The second kappa shape index (κ2) is 8.12. The number of amides is 1. The highest BCUT2D eigenvalue weighted by Gasteiger charge is 2.09. The predicted octanol–water partition coefficient (Wildman–Crippen LogP) is 4.68. The molecule has 5 nitrogen and oxygen atoms in total. The highest BCUT2D eigenvalue weighted by atomic mass is 35.5. The fraction of sp³-hybridized carbons (Fsp3) is 0.105. The van der Waals surface area contributed by atoms with E-state index in [4.69, 9.17) is 16.3 Å². The third kappa shape index (κ3) is 4.68. The molecule has 0 fully saturated rings. The van der Waals surface area contributed by atoms with Gasteiger partial charge in [-0.1, -0.05) is 23.7 Å². The first-order valence-corrected chi connectivity index (χ1v) is 9.02. The van der Waals surface area contributed by atoms with Crippen LogP contribution in [-0.4, -0.2) is 23.3 Å². The van der Waals surface area contributed by atoms with Crippen LogP contribution in [0.2, 0.25) is 5.02 Å². The van der Waals surface area contributed by atoms with E-state index in [9.17, 15) is 9.59 Å². The molecule has 1 heterocycles. The number of hydrogen-bond donors (Lipinski definition) is 1. The fourth-order valence-corrected chi connectivity index (χ4v) is 3.04. The minimum atomic E-state index is -0.308. The molecule has 0 spiro atoms. The zero-order chi connectivity index (χ0) is 18.5. The van der Waals surface area contributed by atoms with Gasteiger partial charge in [0, 0.05) is 21.5 Å². The summed E-state index contributed by atoms with van der Waals surface area (Å²) in [5, 5.41) is 5.72. The summed E-state index contributed by atoms with van der Waals surface area (Å²) in [6.45, 7) is 1.35. The number of rotatable bonds is 6. The maximum atomic E-state index is 12.0. The highest BCUT2D eigenvalue weighted by molar-refractivity contribution is 7.14. The lowest BCUT2D eigenvalue weighted by Crippen LogP contribution is -2.20. The first-order chi connectivity index (χ1) is 12.5. The molecule has 0 saturated heterocycles. The van der Waals surface area contributed by atoms with Crippen LogP contribution in [0.5, 0.6) is 5.75 Å². The molecular weight excluding hydrogens is 372 g/mol. The SMILES string of the molecule is CC(=O)c1ccc(OCC(=O)Nc2nc(-c3ccc(Cl)cc3)cs2)cc1. The van der Waals surface area contributed by atoms with Gasteiger partial charge in [0.1, 0.15) is 5.75 Å². The van der Waals surface area contributed by atoms with Crippen LogP contribution in [0.4, 0.5) is 5.13 Å². The second-order valence-corrected chi connectivity index (χ2v) is 6.76. The molecule has 26 heavy (non-hydrogen) atoms. The lowest BCUT2D eigenvalue weighted by molar-refractivity contribution is -0.118. The van der Waals surface area contributed by atoms with E-state index >= 15 is 0 Å². The second-order valence-electron chi connectivity index (χ2n) is 5.46. The van der Waals surface area contributed by atoms with Gasteiger partial charge in [-0.3, -0.25) is 14.9 Å². The van der Waals surface area contributed by atoms with Crippen LogP contribution in [0.1, 0.15) is 17.3 Å². The zero-order valence-electron chi connectivity index (χ0n) is 13.9. The number of aromatic nitrogens is 1. The Hall–Kier alpha value is -2.70. The van der Waals surface area contributed by atoms with Gasteiger partial charge >= 0.3 is 0 Å². The molecule has 0 bridgehead atoms. The molecule has 7 heteroatoms. The number of carbonyl (C=O) groups excluding carboxylic acids is 2. The van der Waals surface area contributed by atoms with Gasteiger partial charge in [0.15, 0.2) is 17.5 Å². The van der Waals surface area contributed by atoms with Crippen molar-refractivity contribution in [3.05, 3.63) is 64.5 Å². The number of Topliss-reactive ketones (excluding diaryl/α,β-unsaturated/α-hetero) is 1. The van der Waals surface area contributed by atoms with Crippen LogP contribution in [0, 0.1) is 0 Å². The number of hydrogen-bond acceptors (Lipinski definition) is 5. The predicted molar refractivity (Wildman–Crippen MR) is 103 cm³/mol. The molecular formula is C19H15ClN2O3S. The number of benzene rings is 2. The van der Waals surface area contributed by atoms with Crippen molar-refractivity contribution in [1.82, 2.24) is 4.98 Å². The molecule has 3 aromatic rings. The molecule has 1 aromatic heterocycles. The van der Waals surface area contributed by atoms with E-state index in [1.165, 1.54) is 18.3 Å². The minimum absolute atomic E-state index is 0.0189. The molecule has 0 aliphatic rings. The average Bonchev–Trinajstić information content (AvgIpc) is 3.09. The van der Waals surface area contributed by atoms with Crippen LogP contribution in [0.25, 0.3) is 11.3 Å². The fourth-order valence-electron chi connectivity index (χ4n) is 2.17. The third-order valence-corrected chi connectivity index (χ3v) is 4.53. The summed E-state index contributed by atoms with van der Waals surface area (Å²) in [4.78, 5) is 27.6. The molecule has 0 saturated carbocycles. The minimum Gasteiger partial charge on any atom is -0.484 e. The number of ether oxygens (including phenoxy) is 1. The van der Waals surface area contributed by atoms with E-state index in [-0.39, 0.29) is 18.3 Å². The Morgan fingerprint density at radius 2 is 1.81 bits per heavy atom. The molecule has 3 rings (SSSR count). The first-order valence-electron chi connectivity index (χ1n) is 7.76. The quantitative estimate of drug-likeness (QED) is 0.624. The smallest absolute Gasteiger partial charge is 0.264 e. The number of carbonyl (C=O) groups is 2. The van der Waals surface area contributed by atoms with Crippen LogP contribution in [-0.2, 0) is 4.79 Å². The van der Waals surface area contributed by atoms with Gasteiger partial charge in [-0.25, -0.2) is 4.98 Å². The lowest BCUT2D eigenvalue weighted by atomic mass is 10.1. The number of nitrogens with one attached hydrogen (secondary N) is 1. The molecule has 0 aliphatic carbocycles. The first kappa shape index (κ1) is 18.1. The standard InChI is InChI=1S/C19H15ClN2O3S/c1-12(23)13-4-8-16(9-5-13)25-10-18(24)22-19-21-17(11-26-19)14-2-6-15(20)7-3-14/h2-9,11H,10H2,1H3,(H,21,22,24). The van der Waals surface area contributed by atoms with E-state index in [1.807, 2.05) is 17.5 Å². The van der Waals surface area contributed by atoms with E-state index in [1.54, 1.807) is 36.4 Å². The molecule has 2 aromatic carbocycles. The highest BCUT2D eigenvalue weighted by Crippen LogP contribution is 2.26. The Kier molecular flexibility index (Phi) is 5.65. The van der Waals surface area contributed by atoms with Crippen molar-refractivity contribution in [1.29, 1.82) is 0 Å². The monoisotopic (exact) mass is 386 g/mol. The number of halogens is 1. The van der Waals surface area contributed by atoms with Crippen molar-refractivity contribution in [3.8, 4) is 17.0 Å². The maximum Gasteiger partial charge on any atom is 0.264 e. The maximum absolute atomic E-state index is 12.0. The normalized spacial score (nSPS) is 10.4. The lowest BCUT2D eigenvalue weighted by Gasteiger charge is -2.06. The number of ketones is 1. The zero-order valence-corrected chi connectivity index (χ0v) is 15.4. The Labute approximate surface area is 159 Å². The van der Waals surface area contributed by atoms with E-state index in [0.29, 0.717) is 21.5 Å². The summed E-state index contributed by atoms with van der Waals surface area (Å²) < 4.78 is 5.42. The van der Waals surface area contributed by atoms with Gasteiger partial charge in [0.25, 0.3) is 5.91 Å². The van der Waals surface area contributed by atoms with Gasteiger partial charge in [0.2, 0.25) is 0 Å². The van der Waals surface area contributed by atoms with Crippen LogP contribution in [0.3, 0.4) is 0 Å². The molecule has 132 valence electrons. The third-order valence-electron chi connectivity index (χ3n) is 3.52. The van der Waals surface area contributed by atoms with Gasteiger partial charge in [-0.2, -0.15) is 0 Å². The van der Waals surface area contributed by atoms with Crippen LogP contribution >= 0.6 is 22.9 Å². The Balaban J connectivity index is 1.55. The number of nitrogens with zero attached hydrogens (tertiary/aromatic N) is 1. The Bertz CT molecular complexity index is 921. The molecule has 1 amide bonds. The molecule has 1 N–H and O–H groups in total. The summed E-state index contributed by atoms with van der Waals surface area (Å²) >= 11 is 7.21. The van der Waals surface area contributed by atoms with Crippen molar-refractivity contribution in [2.45, 2.75) is 6.92 Å². The molecule has 0 aliphatic heterocycles. The van der Waals surface area contributed by atoms with E-state index in [0.717, 1.165) is 11.3 Å². The molecule has 0 radical (unpaired) electrons. The van der Waals surface area contributed by atoms with Crippen molar-refractivity contribution in [3.63, 3.8) is 0 Å². The van der Waals surface area contributed by atoms with Gasteiger partial charge in [-0.15, -0.1) is 11.3 Å². The molecule has 0 unspecified atom stereocenters. The van der Waals surface area contributed by atoms with Gasteiger partial charge < -0.3 is 4.74 Å². The summed E-state index contributed by atoms with van der Waals surface area (Å²) in [7, 11) is 0. The van der Waals surface area contributed by atoms with Gasteiger partial charge in [-0.05, 0) is 43.3 Å². The van der Waals surface area contributed by atoms with Crippen LogP contribution < -0.4 is 10.1 Å². The van der Waals surface area contributed by atoms with Crippen LogP contribution in [0.15, 0.2) is 53.9 Å². The summed E-state index contributed by atoms with van der Waals surface area (Å²) in [6, 6.07) is 14.0. The van der Waals surface area contributed by atoms with E-state index in [2.05, 4.69) is 10.3 Å². The summed E-state index contributed by atoms with van der Waals surface area (Å²) in [5.74, 6) is 0.193. The topological polar surface area (TPSA) is 68.3 Å². The Morgan fingerprint density at radius 1 is 1.12 bits per heavy atom. The van der Waals surface area contributed by atoms with Crippen molar-refractivity contribution < 1.29 is 14.3 Å². The number of thiazole rings is 1.